The molecule has 35 heavy (non-hydrogen) atoms. The quantitative estimate of drug-likeness (QED) is 0.387. The fraction of sp³-hybridized carbons (Fsp3) is 0.308. The van der Waals surface area contributed by atoms with Crippen molar-refractivity contribution in [2.45, 2.75) is 25.8 Å². The van der Waals surface area contributed by atoms with Crippen molar-refractivity contribution in [3.63, 3.8) is 0 Å². The minimum absolute atomic E-state index is 0.158. The summed E-state index contributed by atoms with van der Waals surface area (Å²) in [6, 6.07) is 8.66. The number of amides is 1. The maximum atomic E-state index is 12.3. The molecule has 176 valence electrons. The Labute approximate surface area is 207 Å². The molecular weight excluding hydrogens is 460 g/mol. The molecule has 0 unspecified atom stereocenters. The number of hydrogen-bond donors (Lipinski definition) is 1. The number of thiophene rings is 1. The van der Waals surface area contributed by atoms with Crippen LogP contribution in [0.5, 0.6) is 0 Å². The van der Waals surface area contributed by atoms with Crippen molar-refractivity contribution in [3.8, 4) is 34.4 Å². The molecule has 1 aliphatic heterocycles. The predicted octanol–water partition coefficient (Wildman–Crippen LogP) is 3.34. The summed E-state index contributed by atoms with van der Waals surface area (Å²) in [7, 11) is 0. The van der Waals surface area contributed by atoms with Gasteiger partial charge < -0.3 is 9.64 Å². The molecule has 8 nitrogen and oxygen atoms in total. The molecule has 0 bridgehead atoms. The van der Waals surface area contributed by atoms with Crippen molar-refractivity contribution >= 4 is 17.2 Å². The van der Waals surface area contributed by atoms with Crippen molar-refractivity contribution in [1.29, 1.82) is 0 Å². The van der Waals surface area contributed by atoms with E-state index >= 15 is 0 Å². The predicted molar refractivity (Wildman–Crippen MR) is 133 cm³/mol. The van der Waals surface area contributed by atoms with Crippen LogP contribution in [0.2, 0.25) is 0 Å². The Morgan fingerprint density at radius 1 is 1.23 bits per heavy atom. The molecule has 4 aromatic rings. The van der Waals surface area contributed by atoms with E-state index in [0.717, 1.165) is 28.2 Å². The lowest BCUT2D eigenvalue weighted by Gasteiger charge is -2.26. The van der Waals surface area contributed by atoms with Gasteiger partial charge in [-0.1, -0.05) is 24.0 Å². The molecule has 0 radical (unpaired) electrons. The first-order chi connectivity index (χ1) is 17.2. The van der Waals surface area contributed by atoms with E-state index < -0.39 is 0 Å². The molecule has 1 aliphatic carbocycles. The summed E-state index contributed by atoms with van der Waals surface area (Å²) in [6.07, 6.45) is 5.16. The van der Waals surface area contributed by atoms with Gasteiger partial charge in [0.1, 0.15) is 12.7 Å². The largest absolute Gasteiger partial charge is 0.378 e. The van der Waals surface area contributed by atoms with Gasteiger partial charge in [-0.15, -0.1) is 11.3 Å². The van der Waals surface area contributed by atoms with Gasteiger partial charge in [-0.2, -0.15) is 10.2 Å². The first-order valence-corrected chi connectivity index (χ1v) is 12.6. The van der Waals surface area contributed by atoms with Crippen molar-refractivity contribution in [2.24, 2.45) is 0 Å². The summed E-state index contributed by atoms with van der Waals surface area (Å²) in [5.41, 5.74) is 8.08. The molecule has 0 spiro atoms. The van der Waals surface area contributed by atoms with Gasteiger partial charge in [0.15, 0.2) is 0 Å². The van der Waals surface area contributed by atoms with E-state index in [-0.39, 0.29) is 5.91 Å². The Hall–Kier alpha value is -3.74. The molecule has 6 rings (SSSR count). The van der Waals surface area contributed by atoms with Gasteiger partial charge in [-0.25, -0.2) is 9.67 Å². The van der Waals surface area contributed by atoms with Gasteiger partial charge in [0.25, 0.3) is 0 Å². The Morgan fingerprint density at radius 3 is 3.00 bits per heavy atom. The number of carbonyl (C=O) groups is 1. The highest BCUT2D eigenvalue weighted by Crippen LogP contribution is 2.41. The standard InChI is InChI=1S/C26H24N6O2S/c33-24(31-7-9-34-10-8-31)4-2-1-3-21-12-20(15-35-21)25-23-13-19-6-5-18(14-32-17-27-16-28-32)11-22(19)26(23)30-29-25/h5-6,11-12,15-17H,2,4,7-10,13-14H2,(H,29,30). The third kappa shape index (κ3) is 4.50. The van der Waals surface area contributed by atoms with Gasteiger partial charge in [0.2, 0.25) is 5.91 Å². The molecule has 2 aliphatic rings. The summed E-state index contributed by atoms with van der Waals surface area (Å²) in [5.74, 6) is 6.54. The van der Waals surface area contributed by atoms with Crippen LogP contribution >= 0.6 is 11.3 Å². The van der Waals surface area contributed by atoms with Crippen molar-refractivity contribution in [1.82, 2.24) is 29.9 Å². The Bertz CT molecular complexity index is 1420. The summed E-state index contributed by atoms with van der Waals surface area (Å²) >= 11 is 1.61. The molecule has 9 heteroatoms. The number of H-pyrrole nitrogens is 1. The van der Waals surface area contributed by atoms with Crippen LogP contribution in [0.3, 0.4) is 0 Å². The smallest absolute Gasteiger partial charge is 0.223 e. The number of ether oxygens (including phenoxy) is 1. The van der Waals surface area contributed by atoms with Crippen LogP contribution in [0.1, 0.15) is 34.4 Å². The average molecular weight is 485 g/mol. The number of rotatable bonds is 5. The average Bonchev–Trinajstić information content (AvgIpc) is 3.67. The number of nitrogens with zero attached hydrogens (tertiary/aromatic N) is 5. The van der Waals surface area contributed by atoms with Crippen LogP contribution < -0.4 is 0 Å². The number of benzene rings is 1. The molecular formula is C26H24N6O2S. The van der Waals surface area contributed by atoms with Crippen molar-refractivity contribution in [3.05, 3.63) is 63.9 Å². The second-order valence-corrected chi connectivity index (χ2v) is 9.59. The molecule has 4 heterocycles. The van der Waals surface area contributed by atoms with E-state index in [1.165, 1.54) is 22.3 Å². The Morgan fingerprint density at radius 2 is 2.14 bits per heavy atom. The number of carbonyl (C=O) groups excluding carboxylic acids is 1. The Kier molecular flexibility index (Phi) is 5.90. The highest BCUT2D eigenvalue weighted by atomic mass is 32.1. The lowest BCUT2D eigenvalue weighted by Crippen LogP contribution is -2.40. The first kappa shape index (κ1) is 21.8. The third-order valence-electron chi connectivity index (χ3n) is 6.40. The van der Waals surface area contributed by atoms with Gasteiger partial charge in [0.05, 0.1) is 36.0 Å². The topological polar surface area (TPSA) is 88.9 Å². The lowest BCUT2D eigenvalue weighted by molar-refractivity contribution is -0.135. The normalized spacial score (nSPS) is 14.3. The monoisotopic (exact) mass is 484 g/mol. The molecule has 1 saturated heterocycles. The van der Waals surface area contributed by atoms with Gasteiger partial charge in [-0.05, 0) is 23.3 Å². The zero-order valence-corrected chi connectivity index (χ0v) is 20.0. The van der Waals surface area contributed by atoms with Crippen LogP contribution in [0.25, 0.3) is 22.5 Å². The van der Waals surface area contributed by atoms with E-state index in [4.69, 9.17) is 4.74 Å². The van der Waals surface area contributed by atoms with Crippen LogP contribution in [-0.2, 0) is 22.5 Å². The van der Waals surface area contributed by atoms with Crippen LogP contribution in [0.15, 0.2) is 42.3 Å². The summed E-state index contributed by atoms with van der Waals surface area (Å²) in [4.78, 5) is 19.1. The van der Waals surface area contributed by atoms with E-state index in [2.05, 4.69) is 61.8 Å². The fourth-order valence-electron chi connectivity index (χ4n) is 4.62. The highest BCUT2D eigenvalue weighted by Gasteiger charge is 2.25. The summed E-state index contributed by atoms with van der Waals surface area (Å²) < 4.78 is 7.13. The van der Waals surface area contributed by atoms with Crippen molar-refractivity contribution < 1.29 is 9.53 Å². The molecule has 0 atom stereocenters. The number of hydrogen-bond acceptors (Lipinski definition) is 6. The minimum Gasteiger partial charge on any atom is -0.378 e. The fourth-order valence-corrected chi connectivity index (χ4v) is 5.38. The molecule has 1 N–H and O–H groups in total. The number of aromatic amines is 1. The van der Waals surface area contributed by atoms with Gasteiger partial charge >= 0.3 is 0 Å². The van der Waals surface area contributed by atoms with Gasteiger partial charge in [-0.3, -0.25) is 9.89 Å². The summed E-state index contributed by atoms with van der Waals surface area (Å²) in [5, 5.41) is 14.2. The van der Waals surface area contributed by atoms with E-state index in [1.807, 2.05) is 9.58 Å². The zero-order valence-electron chi connectivity index (χ0n) is 19.2. The molecule has 1 fully saturated rings. The highest BCUT2D eigenvalue weighted by molar-refractivity contribution is 7.11. The maximum Gasteiger partial charge on any atom is 0.223 e. The maximum absolute atomic E-state index is 12.3. The molecule has 1 amide bonds. The number of fused-ring (bicyclic) bond motifs is 3. The first-order valence-electron chi connectivity index (χ1n) is 11.7. The van der Waals surface area contributed by atoms with Crippen molar-refractivity contribution in [2.75, 3.05) is 26.3 Å². The lowest BCUT2D eigenvalue weighted by atomic mass is 10.1. The molecule has 0 saturated carbocycles. The van der Waals surface area contributed by atoms with Crippen LogP contribution in [-0.4, -0.2) is 62.1 Å². The Balaban J connectivity index is 1.13. The van der Waals surface area contributed by atoms with E-state index in [1.54, 1.807) is 24.0 Å². The second kappa shape index (κ2) is 9.49. The third-order valence-corrected chi connectivity index (χ3v) is 7.25. The van der Waals surface area contributed by atoms with E-state index in [9.17, 15) is 4.79 Å². The SMILES string of the molecule is O=C(CCC#Cc1cc(-c2n[nH]c3c2Cc2ccc(Cn4cncn4)cc2-3)cs1)N1CCOCC1. The summed E-state index contributed by atoms with van der Waals surface area (Å²) in [6.45, 7) is 3.31. The molecule has 3 aromatic heterocycles. The second-order valence-electron chi connectivity index (χ2n) is 8.68. The van der Waals surface area contributed by atoms with Crippen LogP contribution in [0, 0.1) is 11.8 Å². The number of morpholine rings is 1. The van der Waals surface area contributed by atoms with E-state index in [0.29, 0.717) is 45.7 Å². The zero-order chi connectivity index (χ0) is 23.6. The number of nitrogens with one attached hydrogen (secondary N) is 1. The minimum atomic E-state index is 0.158. The van der Waals surface area contributed by atoms with Gasteiger partial charge in [0, 0.05) is 54.4 Å². The molecule has 1 aromatic carbocycles. The van der Waals surface area contributed by atoms with Crippen LogP contribution in [0.4, 0.5) is 0 Å². The number of aromatic nitrogens is 5.